The predicted molar refractivity (Wildman–Crippen MR) is 120 cm³/mol. The number of hydrogen-bond acceptors (Lipinski definition) is 7. The molecule has 0 bridgehead atoms. The summed E-state index contributed by atoms with van der Waals surface area (Å²) in [7, 11) is 0. The first-order valence-electron chi connectivity index (χ1n) is 10.1. The molecule has 10 heteroatoms. The van der Waals surface area contributed by atoms with Crippen LogP contribution in [0.3, 0.4) is 0 Å². The van der Waals surface area contributed by atoms with E-state index in [4.69, 9.17) is 11.5 Å². The number of alkyl halides is 1. The van der Waals surface area contributed by atoms with Crippen molar-refractivity contribution in [3.05, 3.63) is 45.8 Å². The normalized spacial score (nSPS) is 20.5. The van der Waals surface area contributed by atoms with Gasteiger partial charge in [0.05, 0.1) is 23.7 Å². The van der Waals surface area contributed by atoms with Crippen molar-refractivity contribution >= 4 is 40.4 Å². The maximum Gasteiger partial charge on any atom is 0.270 e. The average Bonchev–Trinajstić information content (AvgIpc) is 3.19. The second-order valence-electron chi connectivity index (χ2n) is 7.57. The number of likely N-dealkylation sites (tertiary alicyclic amines) is 1. The second-order valence-corrected chi connectivity index (χ2v) is 8.57. The van der Waals surface area contributed by atoms with Gasteiger partial charge in [0.1, 0.15) is 16.1 Å². The van der Waals surface area contributed by atoms with Crippen molar-refractivity contribution in [2.45, 2.75) is 25.4 Å². The lowest BCUT2D eigenvalue weighted by Gasteiger charge is -2.26. The number of fused-ring (bicyclic) bond motifs is 1. The van der Waals surface area contributed by atoms with Crippen molar-refractivity contribution in [3.63, 3.8) is 0 Å². The van der Waals surface area contributed by atoms with Crippen LogP contribution >= 0.6 is 11.3 Å². The number of hydrogen-bond donors (Lipinski definition) is 2. The molecule has 0 radical (unpaired) electrons. The third kappa shape index (κ3) is 4.45. The zero-order chi connectivity index (χ0) is 22.0. The van der Waals surface area contributed by atoms with Gasteiger partial charge in [-0.05, 0) is 25.0 Å². The number of benzene rings is 1. The lowest BCUT2D eigenvalue weighted by atomic mass is 10.1. The summed E-state index contributed by atoms with van der Waals surface area (Å²) in [6.07, 6.45) is 4.10. The lowest BCUT2D eigenvalue weighted by Crippen LogP contribution is -2.37. The van der Waals surface area contributed by atoms with Gasteiger partial charge in [-0.2, -0.15) is 0 Å². The molecule has 4 rings (SSSR count). The number of nitrogens with zero attached hydrogens (tertiary/aromatic N) is 4. The fraction of sp³-hybridized carbons (Fsp3) is 0.381. The largest absolute Gasteiger partial charge is 0.404 e. The Kier molecular flexibility index (Phi) is 6.28. The molecule has 4 N–H and O–H groups in total. The summed E-state index contributed by atoms with van der Waals surface area (Å²) in [6, 6.07) is 4.61. The molecule has 3 heterocycles. The van der Waals surface area contributed by atoms with E-state index >= 15 is 0 Å². The smallest absolute Gasteiger partial charge is 0.270 e. The molecular weight excluding hydrogens is 422 g/mol. The third-order valence-corrected chi connectivity index (χ3v) is 6.53. The zero-order valence-corrected chi connectivity index (χ0v) is 17.7. The third-order valence-electron chi connectivity index (χ3n) is 5.39. The molecule has 1 unspecified atom stereocenters. The van der Waals surface area contributed by atoms with E-state index in [9.17, 15) is 13.6 Å². The Morgan fingerprint density at radius 3 is 3.00 bits per heavy atom. The number of allylic oxidation sites excluding steroid dienone is 1. The van der Waals surface area contributed by atoms with E-state index in [1.807, 2.05) is 4.90 Å². The summed E-state index contributed by atoms with van der Waals surface area (Å²) in [5, 5.41) is 0.571. The highest BCUT2D eigenvalue weighted by Crippen LogP contribution is 2.33. The Balaban J connectivity index is 1.50. The molecule has 0 aliphatic carbocycles. The van der Waals surface area contributed by atoms with Crippen molar-refractivity contribution < 1.29 is 13.6 Å². The van der Waals surface area contributed by atoms with Gasteiger partial charge in [-0.3, -0.25) is 14.7 Å². The number of aromatic nitrogens is 1. The van der Waals surface area contributed by atoms with Crippen LogP contribution in [0.15, 0.2) is 29.4 Å². The number of thiazole rings is 1. The molecule has 7 nitrogen and oxygen atoms in total. The molecule has 0 spiro atoms. The summed E-state index contributed by atoms with van der Waals surface area (Å²) < 4.78 is 28.0. The first-order valence-corrected chi connectivity index (χ1v) is 10.9. The number of anilines is 2. The van der Waals surface area contributed by atoms with Gasteiger partial charge >= 0.3 is 0 Å². The monoisotopic (exact) mass is 446 g/mol. The van der Waals surface area contributed by atoms with E-state index in [1.54, 1.807) is 12.3 Å². The first kappa shape index (κ1) is 21.4. The van der Waals surface area contributed by atoms with Crippen LogP contribution in [0.1, 0.15) is 33.2 Å². The fourth-order valence-corrected chi connectivity index (χ4v) is 4.83. The molecule has 2 aromatic rings. The number of aliphatic imine (C=N–C) groups is 1. The molecule has 1 aromatic carbocycles. The number of carbonyl (C=O) groups is 1. The maximum absolute atomic E-state index is 14.4. The van der Waals surface area contributed by atoms with Crippen LogP contribution in [0.2, 0.25) is 0 Å². The molecule has 1 fully saturated rings. The van der Waals surface area contributed by atoms with E-state index in [1.165, 1.54) is 34.6 Å². The molecule has 0 saturated carbocycles. The van der Waals surface area contributed by atoms with Crippen molar-refractivity contribution in [2.24, 2.45) is 10.7 Å². The van der Waals surface area contributed by atoms with Gasteiger partial charge in [0.15, 0.2) is 5.82 Å². The van der Waals surface area contributed by atoms with Crippen molar-refractivity contribution in [1.82, 2.24) is 9.88 Å². The SMILES string of the molecule is N/C=C(\C=NCN1CCCC(F)C1)c1nc2c(s1)C(=O)N(c1cccc(N)c1F)CC2. The Morgan fingerprint density at radius 1 is 1.39 bits per heavy atom. The lowest BCUT2D eigenvalue weighted by molar-refractivity contribution is 0.0983. The molecule has 164 valence electrons. The highest BCUT2D eigenvalue weighted by molar-refractivity contribution is 7.15. The first-order chi connectivity index (χ1) is 15.0. The molecule has 1 aromatic heterocycles. The molecular formula is C21H24F2N6OS. The standard InChI is InChI=1S/C21H24F2N6OS/c22-14-3-2-7-28(11-14)12-26-10-13(9-24)20-27-16-6-8-29(21(30)19(16)31-20)17-5-1-4-15(25)18(17)23/h1,4-5,9-10,14H,2-3,6-8,11-12,24-25H2/b13-9+,26-10?. The van der Waals surface area contributed by atoms with E-state index in [0.29, 0.717) is 53.8 Å². The Morgan fingerprint density at radius 2 is 2.23 bits per heavy atom. The maximum atomic E-state index is 14.4. The van der Waals surface area contributed by atoms with Crippen LogP contribution in [-0.2, 0) is 6.42 Å². The molecule has 31 heavy (non-hydrogen) atoms. The highest BCUT2D eigenvalue weighted by Gasteiger charge is 2.31. The molecule has 1 amide bonds. The predicted octanol–water partition coefficient (Wildman–Crippen LogP) is 2.83. The molecule has 1 saturated heterocycles. The van der Waals surface area contributed by atoms with E-state index < -0.39 is 12.0 Å². The van der Waals surface area contributed by atoms with Crippen LogP contribution < -0.4 is 16.4 Å². The summed E-state index contributed by atoms with van der Waals surface area (Å²) >= 11 is 1.20. The minimum Gasteiger partial charge on any atom is -0.404 e. The number of rotatable bonds is 5. The van der Waals surface area contributed by atoms with Gasteiger partial charge in [-0.15, -0.1) is 11.3 Å². The van der Waals surface area contributed by atoms with E-state index in [-0.39, 0.29) is 17.3 Å². The average molecular weight is 447 g/mol. The number of amides is 1. The van der Waals surface area contributed by atoms with Crippen LogP contribution in [0.5, 0.6) is 0 Å². The number of nitrogen functional groups attached to an aromatic ring is 1. The summed E-state index contributed by atoms with van der Waals surface area (Å²) in [4.78, 5) is 25.7. The van der Waals surface area contributed by atoms with E-state index in [0.717, 1.165) is 13.0 Å². The zero-order valence-electron chi connectivity index (χ0n) is 16.9. The van der Waals surface area contributed by atoms with Gasteiger partial charge in [-0.1, -0.05) is 6.07 Å². The number of halogens is 2. The molecule has 1 atom stereocenters. The minimum absolute atomic E-state index is 0.00144. The Bertz CT molecular complexity index is 1040. The number of piperidine rings is 1. The van der Waals surface area contributed by atoms with Gasteiger partial charge in [0, 0.05) is 44.0 Å². The summed E-state index contributed by atoms with van der Waals surface area (Å²) in [5.41, 5.74) is 12.8. The molecule has 2 aliphatic heterocycles. The number of carbonyl (C=O) groups excluding carboxylic acids is 1. The van der Waals surface area contributed by atoms with Crippen LogP contribution in [0, 0.1) is 5.82 Å². The Labute approximate surface area is 183 Å². The van der Waals surface area contributed by atoms with Gasteiger partial charge in [0.25, 0.3) is 5.91 Å². The van der Waals surface area contributed by atoms with Crippen LogP contribution in [0.4, 0.5) is 20.2 Å². The molecule has 2 aliphatic rings. The number of nitrogens with two attached hydrogens (primary N) is 2. The van der Waals surface area contributed by atoms with Crippen LogP contribution in [-0.4, -0.2) is 54.5 Å². The Hall–Kier alpha value is -2.85. The van der Waals surface area contributed by atoms with Crippen LogP contribution in [0.25, 0.3) is 5.57 Å². The van der Waals surface area contributed by atoms with Crippen molar-refractivity contribution in [3.8, 4) is 0 Å². The highest BCUT2D eigenvalue weighted by atomic mass is 32.1. The van der Waals surface area contributed by atoms with Gasteiger partial charge in [0.2, 0.25) is 0 Å². The quantitative estimate of drug-likeness (QED) is 0.543. The van der Waals surface area contributed by atoms with E-state index in [2.05, 4.69) is 9.98 Å². The second kappa shape index (κ2) is 9.11. The van der Waals surface area contributed by atoms with Crippen molar-refractivity contribution in [1.29, 1.82) is 0 Å². The topological polar surface area (TPSA) is 101 Å². The van der Waals surface area contributed by atoms with Gasteiger partial charge in [-0.25, -0.2) is 13.8 Å². The minimum atomic E-state index is -0.807. The summed E-state index contributed by atoms with van der Waals surface area (Å²) in [6.45, 7) is 1.89. The van der Waals surface area contributed by atoms with Gasteiger partial charge < -0.3 is 16.4 Å². The summed E-state index contributed by atoms with van der Waals surface area (Å²) in [5.74, 6) is -0.919. The fourth-order valence-electron chi connectivity index (χ4n) is 3.78. The van der Waals surface area contributed by atoms with Crippen molar-refractivity contribution in [2.75, 3.05) is 36.9 Å².